The van der Waals surface area contributed by atoms with E-state index in [1.807, 2.05) is 0 Å². The van der Waals surface area contributed by atoms with Crippen molar-refractivity contribution in [1.29, 1.82) is 0 Å². The van der Waals surface area contributed by atoms with E-state index in [1.54, 1.807) is 0 Å². The van der Waals surface area contributed by atoms with Crippen LogP contribution in [-0.4, -0.2) is 17.3 Å². The van der Waals surface area contributed by atoms with Gasteiger partial charge in [0.05, 0.1) is 10.7 Å². The molecule has 1 aromatic rings. The van der Waals surface area contributed by atoms with Crippen molar-refractivity contribution in [3.8, 4) is 5.88 Å². The van der Waals surface area contributed by atoms with Gasteiger partial charge in [-0.05, 0) is 13.0 Å². The first-order valence-electron chi connectivity index (χ1n) is 3.95. The molecule has 1 unspecified atom stereocenters. The summed E-state index contributed by atoms with van der Waals surface area (Å²) in [5.41, 5.74) is 5.34. The van der Waals surface area contributed by atoms with Crippen molar-refractivity contribution < 1.29 is 17.9 Å². The molecule has 7 heteroatoms. The zero-order valence-electron chi connectivity index (χ0n) is 7.68. The molecule has 0 radical (unpaired) electrons. The molecular weight excluding hydrogens is 233 g/mol. The van der Waals surface area contributed by atoms with Gasteiger partial charge in [0, 0.05) is 6.20 Å². The van der Waals surface area contributed by atoms with Crippen molar-refractivity contribution in [2.45, 2.75) is 19.2 Å². The Hall–Kier alpha value is -1.17. The molecule has 0 bridgehead atoms. The molecule has 1 atom stereocenters. The van der Waals surface area contributed by atoms with Gasteiger partial charge in [-0.1, -0.05) is 11.6 Å². The molecule has 0 fully saturated rings. The summed E-state index contributed by atoms with van der Waals surface area (Å²) in [5.74, 6) is -0.274. The number of halogens is 4. The summed E-state index contributed by atoms with van der Waals surface area (Å²) >= 11 is 5.52. The Labute approximate surface area is 89.0 Å². The second-order valence-corrected chi connectivity index (χ2v) is 3.29. The Bertz CT molecular complexity index is 356. The number of alkyl halides is 3. The maximum Gasteiger partial charge on any atom is 0.425 e. The summed E-state index contributed by atoms with van der Waals surface area (Å²) in [5, 5.41) is 0.236. The molecule has 0 saturated carbocycles. The van der Waals surface area contributed by atoms with Crippen LogP contribution < -0.4 is 10.5 Å². The fourth-order valence-electron chi connectivity index (χ4n) is 0.775. The van der Waals surface area contributed by atoms with Gasteiger partial charge in [0.1, 0.15) is 0 Å². The summed E-state index contributed by atoms with van der Waals surface area (Å²) in [4.78, 5) is 3.55. The Kier molecular flexibility index (Phi) is 3.28. The van der Waals surface area contributed by atoms with Crippen LogP contribution in [-0.2, 0) is 0 Å². The van der Waals surface area contributed by atoms with E-state index in [2.05, 4.69) is 9.72 Å². The van der Waals surface area contributed by atoms with Crippen LogP contribution >= 0.6 is 11.6 Å². The van der Waals surface area contributed by atoms with Crippen molar-refractivity contribution in [3.05, 3.63) is 17.3 Å². The molecule has 0 saturated heterocycles. The van der Waals surface area contributed by atoms with Crippen LogP contribution in [0.15, 0.2) is 12.3 Å². The largest absolute Gasteiger partial charge is 0.464 e. The Morgan fingerprint density at radius 2 is 2.13 bits per heavy atom. The molecule has 3 nitrogen and oxygen atoms in total. The number of rotatable bonds is 2. The van der Waals surface area contributed by atoms with E-state index in [0.717, 1.165) is 13.1 Å². The van der Waals surface area contributed by atoms with Crippen molar-refractivity contribution in [3.63, 3.8) is 0 Å². The van der Waals surface area contributed by atoms with Crippen LogP contribution in [0.3, 0.4) is 0 Å². The van der Waals surface area contributed by atoms with Crippen molar-refractivity contribution >= 4 is 17.3 Å². The lowest BCUT2D eigenvalue weighted by atomic mass is 10.4. The van der Waals surface area contributed by atoms with Gasteiger partial charge < -0.3 is 10.5 Å². The smallest absolute Gasteiger partial charge is 0.425 e. The molecule has 1 rings (SSSR count). The Balaban J connectivity index is 2.82. The lowest BCUT2D eigenvalue weighted by Crippen LogP contribution is -2.31. The van der Waals surface area contributed by atoms with Crippen LogP contribution in [0.5, 0.6) is 5.88 Å². The monoisotopic (exact) mass is 240 g/mol. The molecule has 0 aromatic carbocycles. The number of hydrogen-bond acceptors (Lipinski definition) is 3. The van der Waals surface area contributed by atoms with Gasteiger partial charge in [0.15, 0.2) is 6.10 Å². The molecule has 0 aliphatic heterocycles. The molecule has 15 heavy (non-hydrogen) atoms. The minimum Gasteiger partial charge on any atom is -0.464 e. The van der Waals surface area contributed by atoms with Crippen LogP contribution in [0.25, 0.3) is 0 Å². The highest BCUT2D eigenvalue weighted by Crippen LogP contribution is 2.27. The zero-order valence-corrected chi connectivity index (χ0v) is 8.43. The number of nitrogen functional groups attached to an aromatic ring is 1. The Morgan fingerprint density at radius 3 is 2.60 bits per heavy atom. The SMILES string of the molecule is CC(Oc1ncc(Cl)cc1N)C(F)(F)F. The van der Waals surface area contributed by atoms with Gasteiger partial charge in [0.25, 0.3) is 0 Å². The fourth-order valence-corrected chi connectivity index (χ4v) is 0.941. The number of pyridine rings is 1. The zero-order chi connectivity index (χ0) is 11.6. The second kappa shape index (κ2) is 4.14. The molecule has 84 valence electrons. The number of anilines is 1. The molecule has 0 spiro atoms. The molecule has 0 amide bonds. The third-order valence-electron chi connectivity index (χ3n) is 1.59. The summed E-state index contributed by atoms with van der Waals surface area (Å²) in [6, 6.07) is 1.27. The molecular formula is C8H8ClF3N2O. The number of nitrogens with two attached hydrogens (primary N) is 1. The highest BCUT2D eigenvalue weighted by atomic mass is 35.5. The summed E-state index contributed by atoms with van der Waals surface area (Å²) in [6.45, 7) is 0.871. The van der Waals surface area contributed by atoms with E-state index in [0.29, 0.717) is 0 Å². The molecule has 1 aromatic heterocycles. The first-order valence-corrected chi connectivity index (χ1v) is 4.33. The predicted molar refractivity (Wildman–Crippen MR) is 49.8 cm³/mol. The van der Waals surface area contributed by atoms with Crippen LogP contribution in [0.1, 0.15) is 6.92 Å². The third-order valence-corrected chi connectivity index (χ3v) is 1.80. The number of hydrogen-bond donors (Lipinski definition) is 1. The average Bonchev–Trinajstić information content (AvgIpc) is 2.08. The van der Waals surface area contributed by atoms with Crippen LogP contribution in [0.4, 0.5) is 18.9 Å². The van der Waals surface area contributed by atoms with Crippen LogP contribution in [0.2, 0.25) is 5.02 Å². The van der Waals surface area contributed by atoms with E-state index >= 15 is 0 Å². The van der Waals surface area contributed by atoms with E-state index in [9.17, 15) is 13.2 Å². The summed E-state index contributed by atoms with van der Waals surface area (Å²) in [7, 11) is 0. The third kappa shape index (κ3) is 3.16. The van der Waals surface area contributed by atoms with Gasteiger partial charge in [-0.15, -0.1) is 0 Å². The second-order valence-electron chi connectivity index (χ2n) is 2.85. The lowest BCUT2D eigenvalue weighted by molar-refractivity contribution is -0.189. The van der Waals surface area contributed by atoms with Gasteiger partial charge in [-0.3, -0.25) is 0 Å². The fraction of sp³-hybridized carbons (Fsp3) is 0.375. The number of nitrogens with zero attached hydrogens (tertiary/aromatic N) is 1. The van der Waals surface area contributed by atoms with Gasteiger partial charge in [-0.25, -0.2) is 4.98 Å². The van der Waals surface area contributed by atoms with E-state index in [-0.39, 0.29) is 16.6 Å². The summed E-state index contributed by atoms with van der Waals surface area (Å²) < 4.78 is 40.9. The van der Waals surface area contributed by atoms with E-state index in [4.69, 9.17) is 17.3 Å². The molecule has 1 heterocycles. The topological polar surface area (TPSA) is 48.1 Å². The molecule has 2 N–H and O–H groups in total. The highest BCUT2D eigenvalue weighted by Gasteiger charge is 2.38. The summed E-state index contributed by atoms with van der Waals surface area (Å²) in [6.07, 6.45) is -5.25. The van der Waals surface area contributed by atoms with Crippen LogP contribution in [0, 0.1) is 0 Å². The van der Waals surface area contributed by atoms with Gasteiger partial charge in [-0.2, -0.15) is 13.2 Å². The molecule has 0 aliphatic rings. The van der Waals surface area contributed by atoms with Gasteiger partial charge >= 0.3 is 6.18 Å². The Morgan fingerprint density at radius 1 is 1.53 bits per heavy atom. The maximum atomic E-state index is 12.1. The average molecular weight is 241 g/mol. The van der Waals surface area contributed by atoms with Crippen molar-refractivity contribution in [2.24, 2.45) is 0 Å². The quantitative estimate of drug-likeness (QED) is 0.865. The minimum atomic E-state index is -4.45. The van der Waals surface area contributed by atoms with E-state index in [1.165, 1.54) is 6.07 Å². The highest BCUT2D eigenvalue weighted by molar-refractivity contribution is 6.30. The normalized spacial score (nSPS) is 13.7. The van der Waals surface area contributed by atoms with Crippen molar-refractivity contribution in [2.75, 3.05) is 5.73 Å². The number of ether oxygens (including phenoxy) is 1. The van der Waals surface area contributed by atoms with E-state index < -0.39 is 12.3 Å². The minimum absolute atomic E-state index is 0.0291. The molecule has 0 aliphatic carbocycles. The predicted octanol–water partition coefficient (Wildman–Crippen LogP) is 2.65. The number of aromatic nitrogens is 1. The first kappa shape index (κ1) is 11.9. The standard InChI is InChI=1S/C8H8ClF3N2O/c1-4(8(10,11)12)15-7-6(13)2-5(9)3-14-7/h2-4H,13H2,1H3. The lowest BCUT2D eigenvalue weighted by Gasteiger charge is -2.17. The van der Waals surface area contributed by atoms with Gasteiger partial charge in [0.2, 0.25) is 5.88 Å². The first-order chi connectivity index (χ1) is 6.80. The van der Waals surface area contributed by atoms with Crippen molar-refractivity contribution in [1.82, 2.24) is 4.98 Å². The maximum absolute atomic E-state index is 12.1.